The van der Waals surface area contributed by atoms with Crippen LogP contribution in [0.2, 0.25) is 0 Å². The van der Waals surface area contributed by atoms with E-state index in [0.29, 0.717) is 5.37 Å². The Morgan fingerprint density at radius 2 is 2.64 bits per heavy atom. The summed E-state index contributed by atoms with van der Waals surface area (Å²) in [6.45, 7) is 0.898. The fraction of sp³-hybridized carbons (Fsp3) is 0.571. The Morgan fingerprint density at radius 1 is 1.82 bits per heavy atom. The Kier molecular flexibility index (Phi) is 1.56. The monoisotopic (exact) mass is 171 g/mol. The quantitative estimate of drug-likeness (QED) is 0.325. The smallest absolute Gasteiger partial charge is 0.257 e. The number of hydrogen-bond donors (Lipinski definition) is 0. The van der Waals surface area contributed by atoms with E-state index in [9.17, 15) is 4.79 Å². The summed E-state index contributed by atoms with van der Waals surface area (Å²) in [5.41, 5.74) is 0.815. The first-order valence-corrected chi connectivity index (χ1v) is 4.55. The van der Waals surface area contributed by atoms with Gasteiger partial charge >= 0.3 is 0 Å². The first-order valence-electron chi connectivity index (χ1n) is 3.50. The number of fused-ring (bicyclic) bond motifs is 1. The maximum atomic E-state index is 11.2. The molecule has 11 heavy (non-hydrogen) atoms. The van der Waals surface area contributed by atoms with E-state index in [-0.39, 0.29) is 5.91 Å². The summed E-state index contributed by atoms with van der Waals surface area (Å²) >= 11 is 1.80. The van der Waals surface area contributed by atoms with Crippen molar-refractivity contribution < 1.29 is 9.53 Å². The number of carbonyl (C=O) groups excluding carboxylic acids is 1. The van der Waals surface area contributed by atoms with Gasteiger partial charge in [-0.15, -0.1) is 11.8 Å². The highest BCUT2D eigenvalue weighted by atomic mass is 32.2. The molecule has 1 amide bonds. The van der Waals surface area contributed by atoms with Crippen molar-refractivity contribution in [3.05, 3.63) is 11.8 Å². The summed E-state index contributed by atoms with van der Waals surface area (Å²) in [5, 5.41) is 0.294. The number of carbonyl (C=O) groups is 1. The van der Waals surface area contributed by atoms with Crippen molar-refractivity contribution in [2.75, 3.05) is 19.4 Å². The van der Waals surface area contributed by atoms with E-state index in [0.717, 1.165) is 17.9 Å². The van der Waals surface area contributed by atoms with Crippen LogP contribution in [-0.4, -0.2) is 35.6 Å². The summed E-state index contributed by atoms with van der Waals surface area (Å²) in [6, 6.07) is 0. The number of hydrogen-bond acceptors (Lipinski definition) is 3. The molecule has 2 fully saturated rings. The van der Waals surface area contributed by atoms with Gasteiger partial charge in [-0.25, -0.2) is 0 Å². The third kappa shape index (κ3) is 0.854. The number of amides is 1. The van der Waals surface area contributed by atoms with Gasteiger partial charge in [-0.1, -0.05) is 0 Å². The van der Waals surface area contributed by atoms with Crippen LogP contribution < -0.4 is 0 Å². The topological polar surface area (TPSA) is 29.5 Å². The second kappa shape index (κ2) is 2.44. The summed E-state index contributed by atoms with van der Waals surface area (Å²) in [7, 11) is 1.57. The van der Waals surface area contributed by atoms with E-state index >= 15 is 0 Å². The highest BCUT2D eigenvalue weighted by molar-refractivity contribution is 8.00. The Labute approximate surface area is 69.4 Å². The van der Waals surface area contributed by atoms with Crippen LogP contribution in [0, 0.1) is 0 Å². The summed E-state index contributed by atoms with van der Waals surface area (Å²) in [5.74, 6) is 1.19. The van der Waals surface area contributed by atoms with Crippen LogP contribution in [-0.2, 0) is 9.53 Å². The molecule has 2 heterocycles. The van der Waals surface area contributed by atoms with Gasteiger partial charge in [0.2, 0.25) is 0 Å². The lowest BCUT2D eigenvalue weighted by atomic mass is 10.1. The number of thioether (sulfide) groups is 1. The van der Waals surface area contributed by atoms with E-state index < -0.39 is 0 Å². The lowest BCUT2D eigenvalue weighted by Gasteiger charge is -2.35. The van der Waals surface area contributed by atoms with Crippen molar-refractivity contribution in [3.8, 4) is 0 Å². The van der Waals surface area contributed by atoms with Gasteiger partial charge < -0.3 is 9.64 Å². The molecule has 2 aliphatic rings. The average Bonchev–Trinajstić information content (AvgIpc) is 2.44. The second-order valence-electron chi connectivity index (χ2n) is 2.53. The molecule has 2 rings (SSSR count). The SMILES string of the molecule is COC=C1C(=O)N2CCS[C@H]12. The van der Waals surface area contributed by atoms with Gasteiger partial charge in [-0.05, 0) is 0 Å². The minimum absolute atomic E-state index is 0.141. The molecule has 0 aromatic heterocycles. The molecule has 0 aromatic rings. The van der Waals surface area contributed by atoms with E-state index in [1.165, 1.54) is 0 Å². The molecule has 0 N–H and O–H groups in total. The molecule has 0 unspecified atom stereocenters. The molecule has 0 spiro atoms. The van der Waals surface area contributed by atoms with Crippen molar-refractivity contribution in [3.63, 3.8) is 0 Å². The van der Waals surface area contributed by atoms with Crippen LogP contribution in [0.3, 0.4) is 0 Å². The predicted octanol–water partition coefficient (Wildman–Crippen LogP) is 0.432. The Bertz CT molecular complexity index is 226. The van der Waals surface area contributed by atoms with Crippen LogP contribution in [0.15, 0.2) is 11.8 Å². The van der Waals surface area contributed by atoms with E-state index in [1.54, 1.807) is 25.1 Å². The molecule has 0 saturated carbocycles. The zero-order chi connectivity index (χ0) is 7.84. The second-order valence-corrected chi connectivity index (χ2v) is 3.72. The van der Waals surface area contributed by atoms with Crippen LogP contribution in [0.5, 0.6) is 0 Å². The molecule has 0 aliphatic carbocycles. The van der Waals surface area contributed by atoms with Crippen molar-refractivity contribution in [2.45, 2.75) is 5.37 Å². The molecule has 0 radical (unpaired) electrons. The van der Waals surface area contributed by atoms with Gasteiger partial charge in [0.15, 0.2) is 0 Å². The van der Waals surface area contributed by atoms with Crippen molar-refractivity contribution >= 4 is 17.7 Å². The van der Waals surface area contributed by atoms with Crippen LogP contribution in [0.4, 0.5) is 0 Å². The van der Waals surface area contributed by atoms with E-state index in [4.69, 9.17) is 4.74 Å². The maximum Gasteiger partial charge on any atom is 0.257 e. The molecular formula is C7H9NO2S. The van der Waals surface area contributed by atoms with E-state index in [2.05, 4.69) is 0 Å². The highest BCUT2D eigenvalue weighted by Crippen LogP contribution is 2.39. The lowest BCUT2D eigenvalue weighted by molar-refractivity contribution is -0.133. The molecule has 2 aliphatic heterocycles. The molecule has 3 nitrogen and oxygen atoms in total. The summed E-state index contributed by atoms with van der Waals surface area (Å²) < 4.78 is 4.80. The van der Waals surface area contributed by atoms with Crippen molar-refractivity contribution in [1.82, 2.24) is 4.90 Å². The number of methoxy groups -OCH3 is 1. The first kappa shape index (κ1) is 7.03. The summed E-state index contributed by atoms with van der Waals surface area (Å²) in [6.07, 6.45) is 1.56. The third-order valence-electron chi connectivity index (χ3n) is 1.91. The Morgan fingerprint density at radius 3 is 3.36 bits per heavy atom. The third-order valence-corrected chi connectivity index (χ3v) is 3.15. The van der Waals surface area contributed by atoms with Gasteiger partial charge in [-0.3, -0.25) is 4.79 Å². The standard InChI is InChI=1S/C7H9NO2S/c1-10-4-5-6(9)8-2-3-11-7(5)8/h4,7H,2-3H2,1H3/t7-/m1/s1. The number of nitrogens with zero attached hydrogens (tertiary/aromatic N) is 1. The maximum absolute atomic E-state index is 11.2. The average molecular weight is 171 g/mol. The lowest BCUT2D eigenvalue weighted by Crippen LogP contribution is -2.49. The first-order chi connectivity index (χ1) is 5.34. The minimum Gasteiger partial charge on any atom is -0.504 e. The van der Waals surface area contributed by atoms with E-state index in [1.807, 2.05) is 4.90 Å². The minimum atomic E-state index is 0.141. The number of rotatable bonds is 1. The van der Waals surface area contributed by atoms with Crippen LogP contribution in [0.1, 0.15) is 0 Å². The van der Waals surface area contributed by atoms with Gasteiger partial charge in [-0.2, -0.15) is 0 Å². The molecule has 1 atom stereocenters. The Hall–Kier alpha value is -0.640. The zero-order valence-electron chi connectivity index (χ0n) is 6.24. The Balaban J connectivity index is 2.15. The molecule has 60 valence electrons. The summed E-state index contributed by atoms with van der Waals surface area (Å²) in [4.78, 5) is 13.1. The number of β-lactam (4-membered cyclic amide) rings is 1. The largest absolute Gasteiger partial charge is 0.504 e. The normalized spacial score (nSPS) is 32.1. The molecular weight excluding hydrogens is 162 g/mol. The van der Waals surface area contributed by atoms with Crippen molar-refractivity contribution in [1.29, 1.82) is 0 Å². The fourth-order valence-electron chi connectivity index (χ4n) is 1.38. The molecule has 2 saturated heterocycles. The molecule has 0 aromatic carbocycles. The van der Waals surface area contributed by atoms with Crippen LogP contribution in [0.25, 0.3) is 0 Å². The van der Waals surface area contributed by atoms with Gasteiger partial charge in [0.05, 0.1) is 18.9 Å². The van der Waals surface area contributed by atoms with Crippen molar-refractivity contribution in [2.24, 2.45) is 0 Å². The van der Waals surface area contributed by atoms with Gasteiger partial charge in [0.25, 0.3) is 5.91 Å². The molecule has 0 bridgehead atoms. The number of ether oxygens (including phenoxy) is 1. The van der Waals surface area contributed by atoms with Gasteiger partial charge in [0.1, 0.15) is 5.37 Å². The zero-order valence-corrected chi connectivity index (χ0v) is 7.06. The molecule has 4 heteroatoms. The fourth-order valence-corrected chi connectivity index (χ4v) is 2.62. The highest BCUT2D eigenvalue weighted by Gasteiger charge is 2.45. The van der Waals surface area contributed by atoms with Crippen LogP contribution >= 0.6 is 11.8 Å². The predicted molar refractivity (Wildman–Crippen MR) is 43.1 cm³/mol. The van der Waals surface area contributed by atoms with Gasteiger partial charge in [0, 0.05) is 12.3 Å².